The molecule has 1 aliphatic rings. The van der Waals surface area contributed by atoms with Gasteiger partial charge in [-0.3, -0.25) is 0 Å². The maximum Gasteiger partial charge on any atom is 0.0760 e. The average molecular weight is 154 g/mol. The monoisotopic (exact) mass is 154 g/mol. The molecule has 0 aromatic rings. The Labute approximate surface area is 69.4 Å². The summed E-state index contributed by atoms with van der Waals surface area (Å²) in [6, 6.07) is 0. The second-order valence-corrected chi connectivity index (χ2v) is 3.78. The second kappa shape index (κ2) is 3.91. The van der Waals surface area contributed by atoms with Crippen LogP contribution < -0.4 is 0 Å². The highest BCUT2D eigenvalue weighted by Gasteiger charge is 2.16. The zero-order chi connectivity index (χ0) is 8.27. The summed E-state index contributed by atoms with van der Waals surface area (Å²) in [7, 11) is 0. The van der Waals surface area contributed by atoms with Crippen LogP contribution in [0.2, 0.25) is 0 Å². The first-order valence-electron chi connectivity index (χ1n) is 4.45. The molecule has 0 aliphatic carbocycles. The first kappa shape index (κ1) is 8.79. The zero-order valence-electron chi connectivity index (χ0n) is 7.76. The van der Waals surface area contributed by atoms with E-state index in [1.807, 2.05) is 0 Å². The molecule has 2 atom stereocenters. The van der Waals surface area contributed by atoms with Crippen molar-refractivity contribution in [1.82, 2.24) is 0 Å². The van der Waals surface area contributed by atoms with E-state index in [-0.39, 0.29) is 0 Å². The van der Waals surface area contributed by atoms with Crippen LogP contribution in [-0.4, -0.2) is 12.7 Å². The van der Waals surface area contributed by atoms with Crippen molar-refractivity contribution in [2.45, 2.75) is 39.7 Å². The normalized spacial score (nSPS) is 31.5. The quantitative estimate of drug-likeness (QED) is 0.528. The summed E-state index contributed by atoms with van der Waals surface area (Å²) in [6.07, 6.45) is 5.05. The Hall–Kier alpha value is -0.300. The van der Waals surface area contributed by atoms with Crippen molar-refractivity contribution < 1.29 is 4.74 Å². The molecular formula is C10H18O. The maximum absolute atomic E-state index is 5.58. The Morgan fingerprint density at radius 1 is 1.45 bits per heavy atom. The number of allylic oxidation sites excluding steroid dienone is 1. The Bertz CT molecular complexity index is 145. The van der Waals surface area contributed by atoms with Gasteiger partial charge in [-0.25, -0.2) is 0 Å². The van der Waals surface area contributed by atoms with Crippen molar-refractivity contribution in [3.05, 3.63) is 11.6 Å². The Morgan fingerprint density at radius 3 is 2.73 bits per heavy atom. The molecule has 1 fully saturated rings. The fourth-order valence-electron chi connectivity index (χ4n) is 1.49. The molecule has 0 amide bonds. The number of hydrogen-bond donors (Lipinski definition) is 0. The van der Waals surface area contributed by atoms with Gasteiger partial charge in [-0.05, 0) is 32.6 Å². The third kappa shape index (κ3) is 3.06. The van der Waals surface area contributed by atoms with Crippen molar-refractivity contribution in [1.29, 1.82) is 0 Å². The van der Waals surface area contributed by atoms with Crippen molar-refractivity contribution in [3.8, 4) is 0 Å². The molecular weight excluding hydrogens is 136 g/mol. The van der Waals surface area contributed by atoms with Crippen molar-refractivity contribution in [2.75, 3.05) is 6.61 Å². The molecule has 64 valence electrons. The van der Waals surface area contributed by atoms with Gasteiger partial charge in [0.15, 0.2) is 0 Å². The van der Waals surface area contributed by atoms with E-state index < -0.39 is 0 Å². The standard InChI is InChI=1S/C10H18O/c1-8(2)6-10-7-9(3)4-5-11-10/h6,9-10H,4-5,7H2,1-3H3/t9-,10-/m1/s1. The summed E-state index contributed by atoms with van der Waals surface area (Å²) >= 11 is 0. The molecule has 1 aliphatic heterocycles. The zero-order valence-corrected chi connectivity index (χ0v) is 7.76. The van der Waals surface area contributed by atoms with Gasteiger partial charge in [-0.2, -0.15) is 0 Å². The van der Waals surface area contributed by atoms with Gasteiger partial charge < -0.3 is 4.74 Å². The lowest BCUT2D eigenvalue weighted by molar-refractivity contribution is 0.0235. The fourth-order valence-corrected chi connectivity index (χ4v) is 1.49. The van der Waals surface area contributed by atoms with Gasteiger partial charge in [0.2, 0.25) is 0 Å². The fraction of sp³-hybridized carbons (Fsp3) is 0.800. The van der Waals surface area contributed by atoms with Crippen LogP contribution in [0.25, 0.3) is 0 Å². The highest BCUT2D eigenvalue weighted by molar-refractivity contribution is 4.99. The van der Waals surface area contributed by atoms with Crippen LogP contribution in [-0.2, 0) is 4.74 Å². The second-order valence-electron chi connectivity index (χ2n) is 3.78. The van der Waals surface area contributed by atoms with E-state index in [9.17, 15) is 0 Å². The highest BCUT2D eigenvalue weighted by Crippen LogP contribution is 2.20. The molecule has 0 spiro atoms. The first-order valence-corrected chi connectivity index (χ1v) is 4.45. The molecule has 0 aromatic heterocycles. The molecule has 11 heavy (non-hydrogen) atoms. The Morgan fingerprint density at radius 2 is 2.18 bits per heavy atom. The van der Waals surface area contributed by atoms with Gasteiger partial charge in [-0.1, -0.05) is 18.6 Å². The van der Waals surface area contributed by atoms with Gasteiger partial charge in [0, 0.05) is 6.61 Å². The molecule has 1 heterocycles. The minimum atomic E-state index is 0.392. The average Bonchev–Trinajstić information content (AvgIpc) is 1.85. The van der Waals surface area contributed by atoms with Gasteiger partial charge in [0.25, 0.3) is 0 Å². The molecule has 1 heteroatoms. The summed E-state index contributed by atoms with van der Waals surface area (Å²) < 4.78 is 5.58. The predicted molar refractivity (Wildman–Crippen MR) is 47.6 cm³/mol. The molecule has 1 saturated heterocycles. The largest absolute Gasteiger partial charge is 0.374 e. The van der Waals surface area contributed by atoms with Gasteiger partial charge in [-0.15, -0.1) is 0 Å². The van der Waals surface area contributed by atoms with E-state index in [1.165, 1.54) is 18.4 Å². The molecule has 0 N–H and O–H groups in total. The van der Waals surface area contributed by atoms with E-state index in [2.05, 4.69) is 26.8 Å². The lowest BCUT2D eigenvalue weighted by Crippen LogP contribution is -2.22. The van der Waals surface area contributed by atoms with Crippen molar-refractivity contribution in [2.24, 2.45) is 5.92 Å². The third-order valence-electron chi connectivity index (χ3n) is 2.10. The summed E-state index contributed by atoms with van der Waals surface area (Å²) in [4.78, 5) is 0. The predicted octanol–water partition coefficient (Wildman–Crippen LogP) is 2.77. The molecule has 0 saturated carbocycles. The van der Waals surface area contributed by atoms with Gasteiger partial charge in [0.1, 0.15) is 0 Å². The molecule has 0 bridgehead atoms. The van der Waals surface area contributed by atoms with E-state index in [4.69, 9.17) is 4.74 Å². The van der Waals surface area contributed by atoms with Crippen LogP contribution in [0.4, 0.5) is 0 Å². The smallest absolute Gasteiger partial charge is 0.0760 e. The minimum Gasteiger partial charge on any atom is -0.374 e. The van der Waals surface area contributed by atoms with Crippen LogP contribution >= 0.6 is 0 Å². The van der Waals surface area contributed by atoms with Crippen molar-refractivity contribution in [3.63, 3.8) is 0 Å². The van der Waals surface area contributed by atoms with E-state index in [0.717, 1.165) is 12.5 Å². The van der Waals surface area contributed by atoms with Crippen LogP contribution in [0.3, 0.4) is 0 Å². The van der Waals surface area contributed by atoms with E-state index >= 15 is 0 Å². The van der Waals surface area contributed by atoms with Crippen LogP contribution in [0.5, 0.6) is 0 Å². The molecule has 1 rings (SSSR count). The number of ether oxygens (including phenoxy) is 1. The highest BCUT2D eigenvalue weighted by atomic mass is 16.5. The summed E-state index contributed by atoms with van der Waals surface area (Å²) in [5, 5.41) is 0. The molecule has 0 unspecified atom stereocenters. The van der Waals surface area contributed by atoms with E-state index in [0.29, 0.717) is 6.10 Å². The molecule has 1 nitrogen and oxygen atoms in total. The minimum absolute atomic E-state index is 0.392. The van der Waals surface area contributed by atoms with E-state index in [1.54, 1.807) is 0 Å². The topological polar surface area (TPSA) is 9.23 Å². The Kier molecular flexibility index (Phi) is 3.13. The van der Waals surface area contributed by atoms with Gasteiger partial charge >= 0.3 is 0 Å². The SMILES string of the molecule is CC(C)=C[C@@H]1C[C@H](C)CCO1. The lowest BCUT2D eigenvalue weighted by Gasteiger charge is -2.25. The third-order valence-corrected chi connectivity index (χ3v) is 2.10. The van der Waals surface area contributed by atoms with Crippen molar-refractivity contribution >= 4 is 0 Å². The number of hydrogen-bond acceptors (Lipinski definition) is 1. The number of rotatable bonds is 1. The maximum atomic E-state index is 5.58. The van der Waals surface area contributed by atoms with Crippen LogP contribution in [0, 0.1) is 5.92 Å². The molecule has 0 radical (unpaired) electrons. The van der Waals surface area contributed by atoms with Crippen LogP contribution in [0.15, 0.2) is 11.6 Å². The lowest BCUT2D eigenvalue weighted by atomic mass is 9.97. The van der Waals surface area contributed by atoms with Gasteiger partial charge in [0.05, 0.1) is 6.10 Å². The summed E-state index contributed by atoms with van der Waals surface area (Å²) in [5.74, 6) is 0.837. The first-order chi connectivity index (χ1) is 5.18. The summed E-state index contributed by atoms with van der Waals surface area (Å²) in [5.41, 5.74) is 1.36. The molecule has 0 aromatic carbocycles. The van der Waals surface area contributed by atoms with Crippen LogP contribution in [0.1, 0.15) is 33.6 Å². The Balaban J connectivity index is 2.40. The summed E-state index contributed by atoms with van der Waals surface area (Å²) in [6.45, 7) is 7.50.